The van der Waals surface area contributed by atoms with Crippen LogP contribution >= 0.6 is 0 Å². The molecule has 2 N–H and O–H groups in total. The first kappa shape index (κ1) is 2.75. The molecule has 1 rings (SSSR count). The number of hydrogen-bond acceptors (Lipinski definition) is 3. The third-order valence-corrected chi connectivity index (χ3v) is 1.03. The van der Waals surface area contributed by atoms with Crippen LogP contribution in [-0.2, 0) is 0 Å². The Morgan fingerprint density at radius 2 is 2.58 bits per heavy atom. The average molecular weight is 175 g/mol. The quantitative estimate of drug-likeness (QED) is 0.623. The first-order valence-corrected chi connectivity index (χ1v) is 2.96. The molecule has 0 radical (unpaired) electrons. The molecule has 0 spiro atoms. The molecule has 0 aliphatic rings. The van der Waals surface area contributed by atoms with Crippen LogP contribution in [0.5, 0.6) is 5.75 Å². The zero-order valence-electron chi connectivity index (χ0n) is 14.9. The highest BCUT2D eigenvalue weighted by Gasteiger charge is 2.10. The largest absolute Gasteiger partial charge is 0.494 e. The number of hydrogen-bond donors (Lipinski definition) is 2. The highest BCUT2D eigenvalue weighted by molar-refractivity contribution is 6.58. The van der Waals surface area contributed by atoms with Gasteiger partial charge in [-0.1, -0.05) is 12.1 Å². The van der Waals surface area contributed by atoms with E-state index in [-0.39, 0.29) is 0 Å². The van der Waals surface area contributed by atoms with Crippen molar-refractivity contribution in [2.24, 2.45) is 0 Å². The van der Waals surface area contributed by atoms with E-state index in [1.807, 2.05) is 0 Å². The minimum absolute atomic E-state index is 0.771. The summed E-state index contributed by atoms with van der Waals surface area (Å²) in [5.41, 5.74) is -0.771. The minimum Gasteiger partial charge on any atom is -0.494 e. The van der Waals surface area contributed by atoms with Crippen LogP contribution in [0.4, 0.5) is 0 Å². The van der Waals surface area contributed by atoms with E-state index in [1.165, 1.54) is 0 Å². The molecule has 0 saturated heterocycles. The fraction of sp³-hybridized carbons (Fsp3) is 0.250. The second-order valence-corrected chi connectivity index (χ2v) is 1.82. The summed E-state index contributed by atoms with van der Waals surface area (Å²) in [6.07, 6.45) is 0. The Bertz CT molecular complexity index is 557. The maximum atomic E-state index is 9.09. The molecule has 1 aromatic rings. The fourth-order valence-corrected chi connectivity index (χ4v) is 0.571. The Kier molecular flexibility index (Phi) is 0.949. The Morgan fingerprint density at radius 3 is 3.25 bits per heavy atom. The fourth-order valence-electron chi connectivity index (χ4n) is 0.571. The lowest BCUT2D eigenvalue weighted by Crippen LogP contribution is -2.29. The lowest BCUT2D eigenvalue weighted by molar-refractivity contribution is 0.340. The number of benzene rings is 1. The van der Waals surface area contributed by atoms with Gasteiger partial charge in [0.2, 0.25) is 0 Å². The minimum atomic E-state index is -3.26. The summed E-state index contributed by atoms with van der Waals surface area (Å²) in [6.45, 7) is -6.49. The predicted molar refractivity (Wildman–Crippen MR) is 47.4 cm³/mol. The molecule has 0 atom stereocenters. The third-order valence-electron chi connectivity index (χ3n) is 1.03. The molecule has 0 unspecified atom stereocenters. The van der Waals surface area contributed by atoms with E-state index in [9.17, 15) is 0 Å². The second-order valence-electron chi connectivity index (χ2n) is 1.82. The van der Waals surface area contributed by atoms with Crippen molar-refractivity contribution < 1.29 is 27.1 Å². The molecule has 0 aliphatic carbocycles. The van der Waals surface area contributed by atoms with E-state index in [1.54, 1.807) is 0 Å². The molecule has 0 aliphatic heterocycles. The summed E-state index contributed by atoms with van der Waals surface area (Å²) in [6, 6.07) is -3.46. The maximum Gasteiger partial charge on any atom is 0.488 e. The summed E-state index contributed by atoms with van der Waals surface area (Å²) >= 11 is 0. The summed E-state index contributed by atoms with van der Waals surface area (Å²) in [7, 11) is -2.32. The molecule has 0 saturated carbocycles. The topological polar surface area (TPSA) is 49.7 Å². The molecule has 64 valence electrons. The highest BCUT2D eigenvalue weighted by atomic mass is 16.5. The molecule has 1 aromatic carbocycles. The van der Waals surface area contributed by atoms with E-state index in [4.69, 9.17) is 22.4 Å². The number of ether oxygens (including phenoxy) is 1. The molecular formula is C8H11BO3. The molecular weight excluding hydrogens is 155 g/mol. The van der Waals surface area contributed by atoms with E-state index >= 15 is 0 Å². The first-order valence-electron chi connectivity index (χ1n) is 7.46. The number of rotatable bonds is 3. The van der Waals surface area contributed by atoms with Crippen LogP contribution in [0.3, 0.4) is 0 Å². The summed E-state index contributed by atoms with van der Waals surface area (Å²) < 4.78 is 70.1. The molecule has 12 heavy (non-hydrogen) atoms. The van der Waals surface area contributed by atoms with Gasteiger partial charge in [0.1, 0.15) is 5.75 Å². The van der Waals surface area contributed by atoms with Gasteiger partial charge in [-0.25, -0.2) is 0 Å². The van der Waals surface area contributed by atoms with E-state index in [2.05, 4.69) is 4.74 Å². The Morgan fingerprint density at radius 1 is 1.75 bits per heavy atom. The van der Waals surface area contributed by atoms with Gasteiger partial charge in [-0.2, -0.15) is 0 Å². The maximum absolute atomic E-state index is 9.09. The van der Waals surface area contributed by atoms with Gasteiger partial charge in [-0.3, -0.25) is 0 Å². The van der Waals surface area contributed by atoms with Crippen LogP contribution in [0.2, 0.25) is 0 Å². The first-order chi connectivity index (χ1) is 9.31. The summed E-state index contributed by atoms with van der Waals surface area (Å²) in [5.74, 6) is -0.944. The van der Waals surface area contributed by atoms with E-state index in [0.29, 0.717) is 0 Å². The van der Waals surface area contributed by atoms with Crippen LogP contribution in [0.25, 0.3) is 0 Å². The zero-order valence-corrected chi connectivity index (χ0v) is 5.88. The van der Waals surface area contributed by atoms with Gasteiger partial charge in [0.15, 0.2) is 0 Å². The lowest BCUT2D eigenvalue weighted by Gasteiger charge is -2.04. The molecule has 0 aromatic heterocycles. The zero-order chi connectivity index (χ0) is 16.7. The Labute approximate surface area is 84.4 Å². The molecule has 0 bridgehead atoms. The van der Waals surface area contributed by atoms with Crippen molar-refractivity contribution in [2.45, 2.75) is 6.85 Å². The molecule has 3 nitrogen and oxygen atoms in total. The van der Waals surface area contributed by atoms with Gasteiger partial charge < -0.3 is 14.8 Å². The van der Waals surface area contributed by atoms with Crippen molar-refractivity contribution in [3.05, 3.63) is 24.2 Å². The van der Waals surface area contributed by atoms with Gasteiger partial charge in [0, 0.05) is 4.11 Å². The highest BCUT2D eigenvalue weighted by Crippen LogP contribution is 2.06. The second kappa shape index (κ2) is 4.14. The van der Waals surface area contributed by atoms with Crippen molar-refractivity contribution in [1.82, 2.24) is 0 Å². The lowest BCUT2D eigenvalue weighted by atomic mass is 9.80. The van der Waals surface area contributed by atoms with Crippen LogP contribution in [0.1, 0.15) is 19.2 Å². The SMILES string of the molecule is [2H]c1c([2H])c(OC([2H])([2H])C([2H])([2H])[2H])c([2H])c(B(O)O)c1[2H]. The van der Waals surface area contributed by atoms with Crippen LogP contribution < -0.4 is 10.2 Å². The van der Waals surface area contributed by atoms with E-state index < -0.39 is 55.9 Å². The van der Waals surface area contributed by atoms with Gasteiger partial charge in [0.25, 0.3) is 0 Å². The normalized spacial score (nSPS) is 22.7. The standard InChI is InChI=1S/C8H11BO3/c1-2-12-8-5-3-4-7(6-8)9(10)11/h3-6,10-11H,2H2,1H3/i1D3,2D2,3D,4D,5D,6D. The van der Waals surface area contributed by atoms with Crippen molar-refractivity contribution in [1.29, 1.82) is 0 Å². The smallest absolute Gasteiger partial charge is 0.488 e. The van der Waals surface area contributed by atoms with Crippen LogP contribution in [0.15, 0.2) is 24.2 Å². The van der Waals surface area contributed by atoms with Crippen molar-refractivity contribution in [3.8, 4) is 5.75 Å². The summed E-state index contributed by atoms with van der Waals surface area (Å²) in [5, 5.41) is 18.2. The average Bonchev–Trinajstić information content (AvgIpc) is 2.30. The van der Waals surface area contributed by atoms with E-state index in [0.717, 1.165) is 0 Å². The van der Waals surface area contributed by atoms with Crippen LogP contribution in [0, 0.1) is 0 Å². The summed E-state index contributed by atoms with van der Waals surface area (Å²) in [4.78, 5) is 0. The van der Waals surface area contributed by atoms with Gasteiger partial charge in [-0.05, 0) is 24.4 Å². The molecule has 0 heterocycles. The Hall–Kier alpha value is -0.995. The van der Waals surface area contributed by atoms with Crippen LogP contribution in [-0.4, -0.2) is 23.7 Å². The van der Waals surface area contributed by atoms with Crippen molar-refractivity contribution in [2.75, 3.05) is 6.56 Å². The monoisotopic (exact) mass is 175 g/mol. The molecule has 4 heteroatoms. The Balaban J connectivity index is 3.52. The van der Waals surface area contributed by atoms with Crippen molar-refractivity contribution >= 4 is 12.6 Å². The molecule has 0 fully saturated rings. The van der Waals surface area contributed by atoms with Gasteiger partial charge in [0.05, 0.1) is 14.8 Å². The predicted octanol–water partition coefficient (Wildman–Crippen LogP) is -0.235. The van der Waals surface area contributed by atoms with Crippen molar-refractivity contribution in [3.63, 3.8) is 0 Å². The van der Waals surface area contributed by atoms with Gasteiger partial charge in [-0.15, -0.1) is 0 Å². The molecule has 0 amide bonds. The van der Waals surface area contributed by atoms with Gasteiger partial charge >= 0.3 is 7.12 Å². The third kappa shape index (κ3) is 2.25.